The van der Waals surface area contributed by atoms with E-state index in [-0.39, 0.29) is 5.88 Å². The van der Waals surface area contributed by atoms with Crippen molar-refractivity contribution in [1.29, 1.82) is 0 Å². The van der Waals surface area contributed by atoms with Gasteiger partial charge in [0.2, 0.25) is 5.88 Å². The van der Waals surface area contributed by atoms with Gasteiger partial charge < -0.3 is 9.47 Å². The molecule has 0 N–H and O–H groups in total. The summed E-state index contributed by atoms with van der Waals surface area (Å²) in [7, 11) is 2.31. The molecule has 1 aromatic rings. The van der Waals surface area contributed by atoms with Crippen molar-refractivity contribution in [2.24, 2.45) is 0 Å². The fraction of sp³-hybridized carbons (Fsp3) is 0.400. The topological polar surface area (TPSA) is 48.4 Å². The van der Waals surface area contributed by atoms with Gasteiger partial charge in [-0.3, -0.25) is 4.79 Å². The van der Waals surface area contributed by atoms with Gasteiger partial charge in [-0.05, 0) is 0 Å². The number of nitrogens with zero attached hydrogens (tertiary/aromatic N) is 1. The first-order valence-electron chi connectivity index (χ1n) is 4.57. The Morgan fingerprint density at radius 3 is 2.59 bits per heavy atom. The number of carbonyl (C=O) groups is 1. The molecule has 0 aliphatic carbocycles. The highest BCUT2D eigenvalue weighted by atomic mass is 19.3. The average molecular weight is 249 g/mol. The predicted molar refractivity (Wildman–Crippen MR) is 51.4 cm³/mol. The molecule has 1 aromatic heterocycles. The molecule has 0 aliphatic rings. The van der Waals surface area contributed by atoms with Gasteiger partial charge in [0, 0.05) is 6.07 Å². The van der Waals surface area contributed by atoms with Gasteiger partial charge in [-0.2, -0.15) is 0 Å². The Hall–Kier alpha value is -1.79. The minimum Gasteiger partial charge on any atom is -0.481 e. The molecule has 0 saturated heterocycles. The third kappa shape index (κ3) is 3.08. The number of aromatic nitrogens is 1. The highest BCUT2D eigenvalue weighted by Crippen LogP contribution is 2.27. The lowest BCUT2D eigenvalue weighted by molar-refractivity contribution is -0.139. The van der Waals surface area contributed by atoms with Crippen molar-refractivity contribution in [3.05, 3.63) is 23.1 Å². The second-order valence-electron chi connectivity index (χ2n) is 3.07. The van der Waals surface area contributed by atoms with Crippen molar-refractivity contribution in [2.45, 2.75) is 12.8 Å². The molecule has 0 radical (unpaired) electrons. The lowest BCUT2D eigenvalue weighted by Gasteiger charge is -2.09. The van der Waals surface area contributed by atoms with E-state index in [9.17, 15) is 18.0 Å². The lowest BCUT2D eigenvalue weighted by Crippen LogP contribution is -2.10. The van der Waals surface area contributed by atoms with E-state index in [4.69, 9.17) is 0 Å². The molecule has 0 aliphatic heterocycles. The first-order chi connectivity index (χ1) is 7.99. The summed E-state index contributed by atoms with van der Waals surface area (Å²) in [6.07, 6.45) is -3.54. The van der Waals surface area contributed by atoms with Crippen molar-refractivity contribution >= 4 is 5.97 Å². The molecular weight excluding hydrogens is 239 g/mol. The van der Waals surface area contributed by atoms with E-state index in [0.717, 1.165) is 13.2 Å². The Bertz CT molecular complexity index is 424. The maximum atomic E-state index is 13.5. The van der Waals surface area contributed by atoms with Crippen molar-refractivity contribution < 1.29 is 27.4 Å². The zero-order chi connectivity index (χ0) is 13.0. The zero-order valence-electron chi connectivity index (χ0n) is 9.17. The fourth-order valence-electron chi connectivity index (χ4n) is 1.17. The molecule has 0 unspecified atom stereocenters. The standard InChI is InChI=1S/C10H10F3NO3/c1-16-7-3-5(10(12)13)9(11)6(14-7)4-8(15)17-2/h3,10H,4H2,1-2H3. The Morgan fingerprint density at radius 1 is 1.47 bits per heavy atom. The van der Waals surface area contributed by atoms with E-state index >= 15 is 0 Å². The summed E-state index contributed by atoms with van der Waals surface area (Å²) in [4.78, 5) is 14.5. The van der Waals surface area contributed by atoms with Crippen LogP contribution in [0.4, 0.5) is 13.2 Å². The molecule has 94 valence electrons. The second kappa shape index (κ2) is 5.51. The van der Waals surface area contributed by atoms with Crippen LogP contribution in [-0.2, 0) is 16.0 Å². The smallest absolute Gasteiger partial charge is 0.311 e. The van der Waals surface area contributed by atoms with E-state index in [1.807, 2.05) is 0 Å². The molecule has 0 saturated carbocycles. The van der Waals surface area contributed by atoms with Crippen LogP contribution in [0.25, 0.3) is 0 Å². The Balaban J connectivity index is 3.19. The van der Waals surface area contributed by atoms with Gasteiger partial charge in [0.05, 0.1) is 31.9 Å². The summed E-state index contributed by atoms with van der Waals surface area (Å²) in [5, 5.41) is 0. The van der Waals surface area contributed by atoms with Gasteiger partial charge >= 0.3 is 5.97 Å². The van der Waals surface area contributed by atoms with Crippen LogP contribution >= 0.6 is 0 Å². The third-order valence-corrected chi connectivity index (χ3v) is 2.01. The molecule has 0 amide bonds. The monoisotopic (exact) mass is 249 g/mol. The maximum absolute atomic E-state index is 13.5. The number of esters is 1. The van der Waals surface area contributed by atoms with Crippen LogP contribution in [0, 0.1) is 5.82 Å². The van der Waals surface area contributed by atoms with Crippen LogP contribution in [0.2, 0.25) is 0 Å². The summed E-state index contributed by atoms with van der Waals surface area (Å²) in [5.74, 6) is -2.17. The average Bonchev–Trinajstić information content (AvgIpc) is 2.31. The SMILES string of the molecule is COC(=O)Cc1nc(OC)cc(C(F)F)c1F. The summed E-state index contributed by atoms with van der Waals surface area (Å²) < 4.78 is 47.5. The van der Waals surface area contributed by atoms with E-state index < -0.39 is 35.9 Å². The molecule has 0 aromatic carbocycles. The molecule has 1 heterocycles. The van der Waals surface area contributed by atoms with E-state index in [1.165, 1.54) is 7.11 Å². The molecule has 7 heteroatoms. The van der Waals surface area contributed by atoms with Crippen LogP contribution in [-0.4, -0.2) is 25.2 Å². The molecule has 0 bridgehead atoms. The number of pyridine rings is 1. The van der Waals surface area contributed by atoms with Gasteiger partial charge in [-0.15, -0.1) is 0 Å². The normalized spacial score (nSPS) is 10.5. The number of methoxy groups -OCH3 is 2. The van der Waals surface area contributed by atoms with E-state index in [2.05, 4.69) is 14.5 Å². The van der Waals surface area contributed by atoms with Gasteiger partial charge in [0.1, 0.15) is 0 Å². The van der Waals surface area contributed by atoms with Crippen LogP contribution < -0.4 is 4.74 Å². The Morgan fingerprint density at radius 2 is 2.12 bits per heavy atom. The van der Waals surface area contributed by atoms with Crippen molar-refractivity contribution in [3.8, 4) is 5.88 Å². The quantitative estimate of drug-likeness (QED) is 0.764. The van der Waals surface area contributed by atoms with Crippen LogP contribution in [0.15, 0.2) is 6.07 Å². The highest BCUT2D eigenvalue weighted by molar-refractivity contribution is 5.72. The minimum atomic E-state index is -3.01. The first-order valence-corrected chi connectivity index (χ1v) is 4.57. The number of carbonyl (C=O) groups excluding carboxylic acids is 1. The second-order valence-corrected chi connectivity index (χ2v) is 3.07. The third-order valence-electron chi connectivity index (χ3n) is 2.01. The molecule has 0 spiro atoms. The lowest BCUT2D eigenvalue weighted by atomic mass is 10.1. The van der Waals surface area contributed by atoms with Crippen molar-refractivity contribution in [3.63, 3.8) is 0 Å². The van der Waals surface area contributed by atoms with Gasteiger partial charge in [0.25, 0.3) is 6.43 Å². The van der Waals surface area contributed by atoms with Gasteiger partial charge in [-0.1, -0.05) is 0 Å². The van der Waals surface area contributed by atoms with Crippen LogP contribution in [0.3, 0.4) is 0 Å². The minimum absolute atomic E-state index is 0.180. The summed E-state index contributed by atoms with van der Waals surface area (Å²) >= 11 is 0. The Kier molecular flexibility index (Phi) is 4.30. The fourth-order valence-corrected chi connectivity index (χ4v) is 1.17. The molecule has 0 fully saturated rings. The summed E-state index contributed by atoms with van der Waals surface area (Å²) in [6, 6.07) is 0.792. The summed E-state index contributed by atoms with van der Waals surface area (Å²) in [6.45, 7) is 0. The zero-order valence-corrected chi connectivity index (χ0v) is 9.17. The maximum Gasteiger partial charge on any atom is 0.311 e. The Labute approximate surface area is 95.4 Å². The van der Waals surface area contributed by atoms with E-state index in [0.29, 0.717) is 0 Å². The number of ether oxygens (including phenoxy) is 2. The van der Waals surface area contributed by atoms with E-state index in [1.54, 1.807) is 0 Å². The van der Waals surface area contributed by atoms with Crippen molar-refractivity contribution in [2.75, 3.05) is 14.2 Å². The first kappa shape index (κ1) is 13.3. The number of hydrogen-bond acceptors (Lipinski definition) is 4. The van der Waals surface area contributed by atoms with Crippen molar-refractivity contribution in [1.82, 2.24) is 4.98 Å². The predicted octanol–water partition coefficient (Wildman–Crippen LogP) is 1.88. The van der Waals surface area contributed by atoms with Crippen LogP contribution in [0.5, 0.6) is 5.88 Å². The van der Waals surface area contributed by atoms with Gasteiger partial charge in [-0.25, -0.2) is 18.2 Å². The number of rotatable bonds is 4. The summed E-state index contributed by atoms with van der Waals surface area (Å²) in [5.41, 5.74) is -1.28. The molecule has 1 rings (SSSR count). The number of hydrogen-bond donors (Lipinski definition) is 0. The highest BCUT2D eigenvalue weighted by Gasteiger charge is 2.21. The molecular formula is C10H10F3NO3. The van der Waals surface area contributed by atoms with Crippen LogP contribution in [0.1, 0.15) is 17.7 Å². The number of halogens is 3. The molecule has 0 atom stereocenters. The van der Waals surface area contributed by atoms with Gasteiger partial charge in [0.15, 0.2) is 5.82 Å². The largest absolute Gasteiger partial charge is 0.481 e. The molecule has 17 heavy (non-hydrogen) atoms. The molecule has 4 nitrogen and oxygen atoms in total. The number of alkyl halides is 2.